The Morgan fingerprint density at radius 2 is 1.83 bits per heavy atom. The fourth-order valence-electron chi connectivity index (χ4n) is 2.07. The maximum atomic E-state index is 12.2. The standard InChI is InChI=1S/C13H13FN7O2P/c14-24-8-7-19-5-6-20(13(23)12(19)22)9-10-1-2-11(17-16-10)21-4-3-15-18-21/h1-6,24H,7-9H2. The van der Waals surface area contributed by atoms with E-state index < -0.39 is 20.0 Å². The van der Waals surface area contributed by atoms with Gasteiger partial charge in [0.1, 0.15) is 0 Å². The van der Waals surface area contributed by atoms with E-state index >= 15 is 0 Å². The van der Waals surface area contributed by atoms with Crippen LogP contribution in [0.4, 0.5) is 4.20 Å². The van der Waals surface area contributed by atoms with E-state index in [1.165, 1.54) is 32.4 Å². The van der Waals surface area contributed by atoms with Gasteiger partial charge in [0.05, 0.1) is 33.5 Å². The molecule has 0 amide bonds. The van der Waals surface area contributed by atoms with Gasteiger partial charge in [0.25, 0.3) is 0 Å². The molecule has 0 fully saturated rings. The molecular weight excluding hydrogens is 336 g/mol. The van der Waals surface area contributed by atoms with E-state index in [-0.39, 0.29) is 19.3 Å². The van der Waals surface area contributed by atoms with Crippen LogP contribution in [0.3, 0.4) is 0 Å². The number of halogens is 1. The van der Waals surface area contributed by atoms with E-state index in [1.807, 2.05) is 0 Å². The van der Waals surface area contributed by atoms with Gasteiger partial charge < -0.3 is 9.13 Å². The molecular formula is C13H13FN7O2P. The maximum absolute atomic E-state index is 12.2. The van der Waals surface area contributed by atoms with E-state index in [4.69, 9.17) is 0 Å². The van der Waals surface area contributed by atoms with Gasteiger partial charge in [-0.15, -0.1) is 10.2 Å². The third-order valence-electron chi connectivity index (χ3n) is 3.27. The van der Waals surface area contributed by atoms with Crippen LogP contribution < -0.4 is 11.1 Å². The van der Waals surface area contributed by atoms with E-state index in [0.717, 1.165) is 0 Å². The maximum Gasteiger partial charge on any atom is 0.316 e. The Balaban J connectivity index is 1.80. The van der Waals surface area contributed by atoms with Crippen molar-refractivity contribution in [1.29, 1.82) is 0 Å². The van der Waals surface area contributed by atoms with Crippen LogP contribution in [-0.2, 0) is 13.1 Å². The second-order valence-electron chi connectivity index (χ2n) is 4.84. The molecule has 11 heteroatoms. The van der Waals surface area contributed by atoms with Crippen molar-refractivity contribution >= 4 is 8.89 Å². The Bertz CT molecular complexity index is 921. The van der Waals surface area contributed by atoms with Crippen molar-refractivity contribution in [3.05, 3.63) is 63.3 Å². The summed E-state index contributed by atoms with van der Waals surface area (Å²) in [6.07, 6.45) is 6.33. The summed E-state index contributed by atoms with van der Waals surface area (Å²) in [6, 6.07) is 3.37. The fourth-order valence-corrected chi connectivity index (χ4v) is 2.40. The van der Waals surface area contributed by atoms with Crippen molar-refractivity contribution in [2.75, 3.05) is 6.16 Å². The SMILES string of the molecule is O=c1c(=O)n(Cc2ccc(-n3ccnn3)nn2)ccn1CCPF. The van der Waals surface area contributed by atoms with E-state index in [0.29, 0.717) is 11.5 Å². The Kier molecular flexibility index (Phi) is 4.85. The summed E-state index contributed by atoms with van der Waals surface area (Å²) in [5.74, 6) is 0.492. The van der Waals surface area contributed by atoms with Gasteiger partial charge >= 0.3 is 11.1 Å². The first kappa shape index (κ1) is 16.1. The first-order valence-corrected chi connectivity index (χ1v) is 8.10. The van der Waals surface area contributed by atoms with E-state index in [2.05, 4.69) is 20.5 Å². The predicted octanol–water partition coefficient (Wildman–Crippen LogP) is -0.00800. The number of rotatable bonds is 6. The van der Waals surface area contributed by atoms with Gasteiger partial charge in [-0.05, 0) is 12.1 Å². The predicted molar refractivity (Wildman–Crippen MR) is 85.3 cm³/mol. The first-order chi connectivity index (χ1) is 11.7. The minimum absolute atomic E-state index is 0.115. The van der Waals surface area contributed by atoms with Gasteiger partial charge in [-0.25, -0.2) is 8.88 Å². The molecule has 124 valence electrons. The summed E-state index contributed by atoms with van der Waals surface area (Å²) in [4.78, 5) is 24.0. The van der Waals surface area contributed by atoms with Gasteiger partial charge in [-0.2, -0.15) is 5.10 Å². The summed E-state index contributed by atoms with van der Waals surface area (Å²) < 4.78 is 16.1. The molecule has 0 bridgehead atoms. The summed E-state index contributed by atoms with van der Waals surface area (Å²) in [7, 11) is -0.758. The minimum Gasteiger partial charge on any atom is -0.309 e. The van der Waals surface area contributed by atoms with Crippen molar-refractivity contribution < 1.29 is 4.20 Å². The van der Waals surface area contributed by atoms with Gasteiger partial charge in [0.15, 0.2) is 5.82 Å². The summed E-state index contributed by atoms with van der Waals surface area (Å²) >= 11 is 0. The smallest absolute Gasteiger partial charge is 0.309 e. The van der Waals surface area contributed by atoms with Gasteiger partial charge in [0, 0.05) is 25.1 Å². The van der Waals surface area contributed by atoms with E-state index in [9.17, 15) is 13.8 Å². The van der Waals surface area contributed by atoms with Crippen LogP contribution in [0.2, 0.25) is 0 Å². The highest BCUT2D eigenvalue weighted by atomic mass is 31.1. The second-order valence-corrected chi connectivity index (χ2v) is 5.61. The van der Waals surface area contributed by atoms with Crippen LogP contribution in [0.15, 0.2) is 46.5 Å². The van der Waals surface area contributed by atoms with Gasteiger partial charge in [0.2, 0.25) is 0 Å². The van der Waals surface area contributed by atoms with Crippen molar-refractivity contribution in [2.24, 2.45) is 0 Å². The van der Waals surface area contributed by atoms with Crippen molar-refractivity contribution in [3.8, 4) is 5.82 Å². The van der Waals surface area contributed by atoms with Crippen molar-refractivity contribution in [2.45, 2.75) is 13.1 Å². The van der Waals surface area contributed by atoms with Crippen molar-refractivity contribution in [1.82, 2.24) is 34.3 Å². The average Bonchev–Trinajstić information content (AvgIpc) is 3.14. The highest BCUT2D eigenvalue weighted by Gasteiger charge is 2.07. The number of nitrogens with zero attached hydrogens (tertiary/aromatic N) is 7. The molecule has 1 unspecified atom stereocenters. The zero-order valence-electron chi connectivity index (χ0n) is 12.4. The molecule has 0 radical (unpaired) electrons. The lowest BCUT2D eigenvalue weighted by Crippen LogP contribution is -2.41. The van der Waals surface area contributed by atoms with Gasteiger partial charge in [-0.1, -0.05) is 5.21 Å². The van der Waals surface area contributed by atoms with Crippen LogP contribution in [0.5, 0.6) is 0 Å². The molecule has 0 aliphatic rings. The molecule has 3 rings (SSSR count). The first-order valence-electron chi connectivity index (χ1n) is 7.01. The zero-order valence-corrected chi connectivity index (χ0v) is 13.4. The van der Waals surface area contributed by atoms with Crippen LogP contribution in [0.1, 0.15) is 5.69 Å². The molecule has 0 spiro atoms. The van der Waals surface area contributed by atoms with Crippen LogP contribution in [-0.4, -0.2) is 40.5 Å². The normalized spacial score (nSPS) is 11.4. The molecule has 9 nitrogen and oxygen atoms in total. The molecule has 0 N–H and O–H groups in total. The number of hydrogen-bond donors (Lipinski definition) is 0. The molecule has 3 heterocycles. The number of aryl methyl sites for hydroxylation is 1. The van der Waals surface area contributed by atoms with Crippen LogP contribution >= 0.6 is 8.89 Å². The Morgan fingerprint density at radius 1 is 1.04 bits per heavy atom. The fraction of sp³-hybridized carbons (Fsp3) is 0.231. The molecule has 24 heavy (non-hydrogen) atoms. The van der Waals surface area contributed by atoms with Gasteiger partial charge in [-0.3, -0.25) is 9.59 Å². The molecule has 3 aromatic heterocycles. The highest BCUT2D eigenvalue weighted by Crippen LogP contribution is 2.09. The quantitative estimate of drug-likeness (QED) is 0.458. The average molecular weight is 349 g/mol. The molecule has 0 saturated carbocycles. The molecule has 0 saturated heterocycles. The molecule has 0 aromatic carbocycles. The Morgan fingerprint density at radius 3 is 2.50 bits per heavy atom. The molecule has 3 aromatic rings. The van der Waals surface area contributed by atoms with Crippen LogP contribution in [0, 0.1) is 0 Å². The second kappa shape index (κ2) is 7.22. The lowest BCUT2D eigenvalue weighted by atomic mass is 10.3. The third-order valence-corrected chi connectivity index (χ3v) is 3.69. The van der Waals surface area contributed by atoms with E-state index in [1.54, 1.807) is 18.3 Å². The molecule has 0 aliphatic carbocycles. The Hall–Kier alpha value is -2.74. The lowest BCUT2D eigenvalue weighted by molar-refractivity contribution is 0.640. The third kappa shape index (κ3) is 3.43. The molecule has 0 aliphatic heterocycles. The number of hydrogen-bond acceptors (Lipinski definition) is 6. The van der Waals surface area contributed by atoms with Crippen molar-refractivity contribution in [3.63, 3.8) is 0 Å². The Labute approximate surface area is 136 Å². The topological polar surface area (TPSA) is 100 Å². The monoisotopic (exact) mass is 349 g/mol. The summed E-state index contributed by atoms with van der Waals surface area (Å²) in [6.45, 7) is 0.306. The summed E-state index contributed by atoms with van der Waals surface area (Å²) in [5.41, 5.74) is -0.840. The lowest BCUT2D eigenvalue weighted by Gasteiger charge is -2.08. The zero-order chi connectivity index (χ0) is 16.9. The number of aromatic nitrogens is 7. The van der Waals surface area contributed by atoms with Crippen LogP contribution in [0.25, 0.3) is 5.82 Å². The largest absolute Gasteiger partial charge is 0.316 e. The minimum atomic E-state index is -0.758. The highest BCUT2D eigenvalue weighted by molar-refractivity contribution is 7.31. The summed E-state index contributed by atoms with van der Waals surface area (Å²) in [5, 5.41) is 15.5. The molecule has 1 atom stereocenters.